The third-order valence-corrected chi connectivity index (χ3v) is 4.72. The second-order valence-electron chi connectivity index (χ2n) is 6.77. The van der Waals surface area contributed by atoms with Crippen LogP contribution in [0.15, 0.2) is 35.1 Å². The number of likely N-dealkylation sites (N-methyl/N-ethyl adjacent to an activating group) is 1. The van der Waals surface area contributed by atoms with Gasteiger partial charge in [0.05, 0.1) is 18.8 Å². The molecule has 0 fully saturated rings. The zero-order valence-corrected chi connectivity index (χ0v) is 16.3. The van der Waals surface area contributed by atoms with Gasteiger partial charge in [-0.2, -0.15) is 5.10 Å². The molecule has 0 radical (unpaired) electrons. The van der Waals surface area contributed by atoms with Gasteiger partial charge in [0.15, 0.2) is 0 Å². The predicted molar refractivity (Wildman–Crippen MR) is 104 cm³/mol. The minimum Gasteiger partial charge on any atom is -0.450 e. The summed E-state index contributed by atoms with van der Waals surface area (Å²) in [6.45, 7) is 4.62. The Morgan fingerprint density at radius 3 is 2.79 bits per heavy atom. The summed E-state index contributed by atoms with van der Waals surface area (Å²) in [5.41, 5.74) is 2.87. The van der Waals surface area contributed by atoms with Crippen molar-refractivity contribution in [3.05, 3.63) is 57.5 Å². The van der Waals surface area contributed by atoms with E-state index < -0.39 is 6.09 Å². The van der Waals surface area contributed by atoms with Crippen LogP contribution in [0.4, 0.5) is 10.5 Å². The lowest BCUT2D eigenvalue weighted by atomic mass is 10.1. The monoisotopic (exact) mass is 384 g/mol. The summed E-state index contributed by atoms with van der Waals surface area (Å²) in [6, 6.07) is 9.04. The molecule has 0 bridgehead atoms. The number of carbonyl (C=O) groups is 2. The van der Waals surface area contributed by atoms with Gasteiger partial charge in [0, 0.05) is 37.3 Å². The van der Waals surface area contributed by atoms with Crippen molar-refractivity contribution in [2.75, 3.05) is 25.1 Å². The third-order valence-electron chi connectivity index (χ3n) is 4.72. The van der Waals surface area contributed by atoms with Gasteiger partial charge in [0.25, 0.3) is 5.56 Å². The number of aryl methyl sites for hydroxylation is 1. The van der Waals surface area contributed by atoms with E-state index in [1.807, 2.05) is 31.2 Å². The molecule has 2 amide bonds. The van der Waals surface area contributed by atoms with Gasteiger partial charge in [0.1, 0.15) is 6.54 Å². The highest BCUT2D eigenvalue weighted by Crippen LogP contribution is 2.17. The lowest BCUT2D eigenvalue weighted by Gasteiger charge is -2.27. The molecule has 1 aliphatic heterocycles. The number of benzene rings is 1. The van der Waals surface area contributed by atoms with Crippen molar-refractivity contribution < 1.29 is 14.3 Å². The Morgan fingerprint density at radius 2 is 2.07 bits per heavy atom. The average molecular weight is 384 g/mol. The summed E-state index contributed by atoms with van der Waals surface area (Å²) >= 11 is 0. The van der Waals surface area contributed by atoms with Crippen LogP contribution in [0, 0.1) is 6.92 Å². The van der Waals surface area contributed by atoms with Crippen molar-refractivity contribution in [3.8, 4) is 0 Å². The molecule has 1 aromatic carbocycles. The zero-order chi connectivity index (χ0) is 20.3. The van der Waals surface area contributed by atoms with E-state index in [2.05, 4.69) is 5.10 Å². The second-order valence-corrected chi connectivity index (χ2v) is 6.77. The maximum atomic E-state index is 12.6. The van der Waals surface area contributed by atoms with Gasteiger partial charge in [-0.25, -0.2) is 9.48 Å². The van der Waals surface area contributed by atoms with Crippen molar-refractivity contribution in [2.45, 2.75) is 33.4 Å². The van der Waals surface area contributed by atoms with Crippen molar-refractivity contribution in [2.24, 2.45) is 0 Å². The maximum absolute atomic E-state index is 12.6. The topological polar surface area (TPSA) is 84.7 Å². The summed E-state index contributed by atoms with van der Waals surface area (Å²) in [7, 11) is 1.68. The molecule has 2 heterocycles. The summed E-state index contributed by atoms with van der Waals surface area (Å²) in [5.74, 6) is -0.232. The van der Waals surface area contributed by atoms with Gasteiger partial charge >= 0.3 is 6.09 Å². The lowest BCUT2D eigenvalue weighted by molar-refractivity contribution is -0.119. The minimum atomic E-state index is -0.396. The Bertz CT molecular complexity index is 953. The van der Waals surface area contributed by atoms with Crippen LogP contribution in [0.25, 0.3) is 0 Å². The molecule has 8 nitrogen and oxygen atoms in total. The third kappa shape index (κ3) is 4.21. The number of carbonyl (C=O) groups excluding carboxylic acids is 2. The van der Waals surface area contributed by atoms with E-state index in [0.29, 0.717) is 25.1 Å². The van der Waals surface area contributed by atoms with Crippen molar-refractivity contribution in [3.63, 3.8) is 0 Å². The maximum Gasteiger partial charge on any atom is 0.410 e. The van der Waals surface area contributed by atoms with Gasteiger partial charge < -0.3 is 14.5 Å². The number of amides is 2. The van der Waals surface area contributed by atoms with Crippen molar-refractivity contribution in [1.29, 1.82) is 0 Å². The second kappa shape index (κ2) is 8.24. The Labute approximate surface area is 163 Å². The Balaban J connectivity index is 1.75. The smallest absolute Gasteiger partial charge is 0.410 e. The molecule has 0 saturated carbocycles. The summed E-state index contributed by atoms with van der Waals surface area (Å²) in [6.07, 6.45) is 0.114. The first kappa shape index (κ1) is 19.6. The zero-order valence-electron chi connectivity index (χ0n) is 16.3. The van der Waals surface area contributed by atoms with Crippen molar-refractivity contribution >= 4 is 17.7 Å². The van der Waals surface area contributed by atoms with Gasteiger partial charge in [-0.15, -0.1) is 0 Å². The van der Waals surface area contributed by atoms with E-state index in [0.717, 1.165) is 16.9 Å². The number of rotatable bonds is 4. The normalized spacial score (nSPS) is 13.0. The first-order valence-electron chi connectivity index (χ1n) is 9.24. The van der Waals surface area contributed by atoms with Crippen LogP contribution in [0.5, 0.6) is 0 Å². The molecule has 0 unspecified atom stereocenters. The molecule has 0 saturated heterocycles. The highest BCUT2D eigenvalue weighted by atomic mass is 16.6. The van der Waals surface area contributed by atoms with E-state index in [1.165, 1.54) is 15.6 Å². The fourth-order valence-corrected chi connectivity index (χ4v) is 3.14. The molecule has 3 rings (SSSR count). The van der Waals surface area contributed by atoms with Gasteiger partial charge in [-0.05, 0) is 31.5 Å². The van der Waals surface area contributed by atoms with Crippen LogP contribution in [0.2, 0.25) is 0 Å². The summed E-state index contributed by atoms with van der Waals surface area (Å²) in [5, 5.41) is 4.36. The van der Waals surface area contributed by atoms with Gasteiger partial charge in [-0.1, -0.05) is 12.1 Å². The molecule has 8 heteroatoms. The molecular weight excluding hydrogens is 360 g/mol. The largest absolute Gasteiger partial charge is 0.450 e. The molecule has 0 N–H and O–H groups in total. The van der Waals surface area contributed by atoms with Crippen LogP contribution in [-0.4, -0.2) is 46.9 Å². The van der Waals surface area contributed by atoms with E-state index in [-0.39, 0.29) is 24.6 Å². The number of ether oxygens (including phenoxy) is 1. The molecule has 0 aliphatic carbocycles. The first-order chi connectivity index (χ1) is 13.4. The standard InChI is InChI=1S/C20H24N4O4/c1-4-28-20(27)23-9-8-17-15(12-23)11-18(25)24(21-17)13-19(26)22(3)16-7-5-6-14(2)10-16/h5-7,10-11H,4,8-9,12-13H2,1-3H3. The summed E-state index contributed by atoms with van der Waals surface area (Å²) < 4.78 is 6.20. The molecular formula is C20H24N4O4. The number of anilines is 1. The lowest BCUT2D eigenvalue weighted by Crippen LogP contribution is -2.40. The number of nitrogens with zero attached hydrogens (tertiary/aromatic N) is 4. The predicted octanol–water partition coefficient (Wildman–Crippen LogP) is 1.73. The fraction of sp³-hybridized carbons (Fsp3) is 0.400. The molecule has 1 aromatic heterocycles. The highest BCUT2D eigenvalue weighted by molar-refractivity contribution is 5.92. The molecule has 148 valence electrons. The Morgan fingerprint density at radius 1 is 1.29 bits per heavy atom. The van der Waals surface area contributed by atoms with Crippen molar-refractivity contribution in [1.82, 2.24) is 14.7 Å². The first-order valence-corrected chi connectivity index (χ1v) is 9.24. The fourth-order valence-electron chi connectivity index (χ4n) is 3.14. The molecule has 2 aromatic rings. The van der Waals surface area contributed by atoms with E-state index >= 15 is 0 Å². The van der Waals surface area contributed by atoms with Gasteiger partial charge in [0.2, 0.25) is 5.91 Å². The average Bonchev–Trinajstić information content (AvgIpc) is 2.67. The number of fused-ring (bicyclic) bond motifs is 1. The SMILES string of the molecule is CCOC(=O)N1CCc2nn(CC(=O)N(C)c3cccc(C)c3)c(=O)cc2C1. The minimum absolute atomic E-state index is 0.141. The number of aromatic nitrogens is 2. The number of hydrogen-bond donors (Lipinski definition) is 0. The number of hydrogen-bond acceptors (Lipinski definition) is 5. The van der Waals surface area contributed by atoms with E-state index in [9.17, 15) is 14.4 Å². The highest BCUT2D eigenvalue weighted by Gasteiger charge is 2.24. The Hall–Kier alpha value is -3.16. The van der Waals surface area contributed by atoms with E-state index in [4.69, 9.17) is 4.74 Å². The molecule has 28 heavy (non-hydrogen) atoms. The van der Waals surface area contributed by atoms with Crippen LogP contribution in [0.1, 0.15) is 23.7 Å². The van der Waals surface area contributed by atoms with Crippen LogP contribution >= 0.6 is 0 Å². The van der Waals surface area contributed by atoms with Crippen LogP contribution < -0.4 is 10.5 Å². The van der Waals surface area contributed by atoms with Crippen LogP contribution in [-0.2, 0) is 29.0 Å². The Kier molecular flexibility index (Phi) is 5.77. The molecule has 1 aliphatic rings. The summed E-state index contributed by atoms with van der Waals surface area (Å²) in [4.78, 5) is 40.0. The van der Waals surface area contributed by atoms with Crippen LogP contribution in [0.3, 0.4) is 0 Å². The quantitative estimate of drug-likeness (QED) is 0.802. The molecule has 0 spiro atoms. The van der Waals surface area contributed by atoms with E-state index in [1.54, 1.807) is 18.9 Å². The van der Waals surface area contributed by atoms with Gasteiger partial charge in [-0.3, -0.25) is 9.59 Å². The molecule has 0 atom stereocenters.